The Morgan fingerprint density at radius 3 is 1.57 bits per heavy atom. The Morgan fingerprint density at radius 2 is 1.10 bits per heavy atom. The van der Waals surface area contributed by atoms with Gasteiger partial charge >= 0.3 is 0 Å². The lowest BCUT2D eigenvalue weighted by Crippen LogP contribution is -2.32. The number of ether oxygens (including phenoxy) is 2. The van der Waals surface area contributed by atoms with E-state index in [0.29, 0.717) is 39.7 Å². The zero-order valence-electron chi connectivity index (χ0n) is 34.1. The van der Waals surface area contributed by atoms with Crippen LogP contribution >= 0.6 is 22.7 Å². The molecule has 11 nitrogen and oxygen atoms in total. The Labute approximate surface area is 347 Å². The summed E-state index contributed by atoms with van der Waals surface area (Å²) in [6.07, 6.45) is 3.50. The van der Waals surface area contributed by atoms with Gasteiger partial charge in [0.2, 0.25) is 10.3 Å². The standard InChI is InChI=1S/C23H27N3O3S.C21H22FN3O2S/c1-6-7-12-26(22(27)18-10-8-9-11-19(18)28-4)23-25-24-21(30-23)17-13-15(2)20(29-5)16(3)14-17;1-4-5-10-25(20(27)16-8-6-7-9-17(16)22)21-24-23-19(28-21)15-11-13(2)18(26)14(3)12-15/h8-11,13-14H,6-7,12H2,1-5H3;6-9,11-12,26H,4-5,10H2,1-3H3. The minimum Gasteiger partial charge on any atom is -0.507 e. The molecule has 0 spiro atoms. The van der Waals surface area contributed by atoms with Crippen LogP contribution in [0.25, 0.3) is 21.1 Å². The molecule has 0 radical (unpaired) electrons. The molecule has 0 bridgehead atoms. The summed E-state index contributed by atoms with van der Waals surface area (Å²) in [6.45, 7) is 12.8. The van der Waals surface area contributed by atoms with E-state index in [-0.39, 0.29) is 17.2 Å². The van der Waals surface area contributed by atoms with Crippen molar-refractivity contribution in [3.8, 4) is 38.4 Å². The van der Waals surface area contributed by atoms with E-state index in [2.05, 4.69) is 27.3 Å². The van der Waals surface area contributed by atoms with Crippen molar-refractivity contribution in [3.63, 3.8) is 0 Å². The van der Waals surface area contributed by atoms with Gasteiger partial charge in [0.25, 0.3) is 11.8 Å². The molecular weight excluding hydrogens is 776 g/mol. The van der Waals surface area contributed by atoms with Crippen molar-refractivity contribution in [2.45, 2.75) is 67.2 Å². The number of hydrogen-bond donors (Lipinski definition) is 1. The average Bonchev–Trinajstić information content (AvgIpc) is 3.92. The molecule has 0 unspecified atom stereocenters. The maximum atomic E-state index is 14.1. The molecule has 0 saturated carbocycles. The first-order chi connectivity index (χ1) is 27.9. The normalized spacial score (nSPS) is 10.8. The van der Waals surface area contributed by atoms with Crippen LogP contribution in [0, 0.1) is 33.5 Å². The quantitative estimate of drug-likeness (QED) is 0.114. The summed E-state index contributed by atoms with van der Waals surface area (Å²) in [4.78, 5) is 29.5. The van der Waals surface area contributed by atoms with Crippen molar-refractivity contribution >= 4 is 44.8 Å². The van der Waals surface area contributed by atoms with Crippen LogP contribution in [0.1, 0.15) is 82.5 Å². The number of unbranched alkanes of at least 4 members (excludes halogenated alkanes) is 2. The fraction of sp³-hybridized carbons (Fsp3) is 0.318. The largest absolute Gasteiger partial charge is 0.507 e. The molecule has 6 rings (SSSR count). The summed E-state index contributed by atoms with van der Waals surface area (Å²) in [5.41, 5.74) is 5.90. The highest BCUT2D eigenvalue weighted by Gasteiger charge is 2.26. The molecule has 14 heteroatoms. The van der Waals surface area contributed by atoms with Crippen LogP contribution in [0.3, 0.4) is 0 Å². The summed E-state index contributed by atoms with van der Waals surface area (Å²) in [5.74, 6) is 0.573. The van der Waals surface area contributed by atoms with Gasteiger partial charge in [-0.25, -0.2) is 4.39 Å². The highest BCUT2D eigenvalue weighted by molar-refractivity contribution is 7.19. The first-order valence-corrected chi connectivity index (χ1v) is 20.7. The van der Waals surface area contributed by atoms with Crippen LogP contribution in [0.4, 0.5) is 14.7 Å². The Balaban J connectivity index is 0.000000221. The third-order valence-electron chi connectivity index (χ3n) is 9.34. The van der Waals surface area contributed by atoms with Crippen LogP contribution in [0.2, 0.25) is 0 Å². The van der Waals surface area contributed by atoms with Crippen molar-refractivity contribution in [1.82, 2.24) is 20.4 Å². The SMILES string of the molecule is CCCCN(C(=O)c1ccccc1F)c1nnc(-c2cc(C)c(O)c(C)c2)s1.CCCCN(C(=O)c1ccccc1OC)c1nnc(-c2cc(C)c(OC)c(C)c2)s1. The summed E-state index contributed by atoms with van der Waals surface area (Å²) in [5, 5.41) is 29.5. The van der Waals surface area contributed by atoms with Gasteiger partial charge in [0, 0.05) is 24.2 Å². The molecule has 58 heavy (non-hydrogen) atoms. The van der Waals surface area contributed by atoms with E-state index in [1.54, 1.807) is 43.4 Å². The highest BCUT2D eigenvalue weighted by Crippen LogP contribution is 2.36. The average molecular weight is 825 g/mol. The minimum atomic E-state index is -0.552. The molecule has 0 aliphatic carbocycles. The van der Waals surface area contributed by atoms with Gasteiger partial charge in [0.05, 0.1) is 25.3 Å². The van der Waals surface area contributed by atoms with Crippen LogP contribution in [-0.2, 0) is 0 Å². The fourth-order valence-corrected chi connectivity index (χ4v) is 8.02. The van der Waals surface area contributed by atoms with E-state index in [9.17, 15) is 19.1 Å². The number of phenols is 1. The number of aryl methyl sites for hydroxylation is 4. The second-order valence-electron chi connectivity index (χ2n) is 13.7. The maximum absolute atomic E-state index is 14.1. The van der Waals surface area contributed by atoms with Crippen LogP contribution in [0.5, 0.6) is 17.2 Å². The summed E-state index contributed by atoms with van der Waals surface area (Å²) < 4.78 is 25.0. The number of carbonyl (C=O) groups is 2. The van der Waals surface area contributed by atoms with E-state index in [0.717, 1.165) is 69.8 Å². The lowest BCUT2D eigenvalue weighted by Gasteiger charge is -2.20. The van der Waals surface area contributed by atoms with Crippen LogP contribution in [0.15, 0.2) is 72.8 Å². The maximum Gasteiger partial charge on any atom is 0.263 e. The number of aromatic nitrogens is 4. The number of hydrogen-bond acceptors (Lipinski definition) is 11. The number of nitrogens with zero attached hydrogens (tertiary/aromatic N) is 6. The van der Waals surface area contributed by atoms with Crippen molar-refractivity contribution in [3.05, 3.63) is 112 Å². The first-order valence-electron chi connectivity index (χ1n) is 19.1. The molecule has 0 aliphatic heterocycles. The predicted molar refractivity (Wildman–Crippen MR) is 230 cm³/mol. The molecule has 2 aromatic heterocycles. The van der Waals surface area contributed by atoms with Crippen LogP contribution < -0.4 is 19.3 Å². The van der Waals surface area contributed by atoms with Gasteiger partial charge in [-0.3, -0.25) is 19.4 Å². The molecular formula is C44H49FN6O5S2. The number of amides is 2. The van der Waals surface area contributed by atoms with E-state index in [4.69, 9.17) is 9.47 Å². The lowest BCUT2D eigenvalue weighted by molar-refractivity contribution is 0.0975. The van der Waals surface area contributed by atoms with Gasteiger partial charge < -0.3 is 14.6 Å². The smallest absolute Gasteiger partial charge is 0.263 e. The van der Waals surface area contributed by atoms with Gasteiger partial charge in [-0.2, -0.15) is 0 Å². The van der Waals surface area contributed by atoms with Crippen molar-refractivity contribution < 1.29 is 28.6 Å². The number of methoxy groups -OCH3 is 2. The molecule has 4 aromatic carbocycles. The van der Waals surface area contributed by atoms with Crippen LogP contribution in [-0.4, -0.2) is 64.6 Å². The minimum absolute atomic E-state index is 0.0201. The van der Waals surface area contributed by atoms with Crippen molar-refractivity contribution in [1.29, 1.82) is 0 Å². The van der Waals surface area contributed by atoms with Crippen molar-refractivity contribution in [2.75, 3.05) is 37.1 Å². The molecule has 2 heterocycles. The monoisotopic (exact) mass is 824 g/mol. The molecule has 0 aliphatic rings. The zero-order chi connectivity index (χ0) is 41.9. The number of halogens is 1. The number of phenolic OH excluding ortho intramolecular Hbond substituents is 1. The first kappa shape index (κ1) is 43.4. The molecule has 0 fully saturated rings. The number of anilines is 2. The highest BCUT2D eigenvalue weighted by atomic mass is 32.1. The van der Waals surface area contributed by atoms with Gasteiger partial charge in [-0.05, 0) is 111 Å². The number of para-hydroxylation sites is 1. The molecule has 304 valence electrons. The fourth-order valence-electron chi connectivity index (χ4n) is 6.30. The summed E-state index contributed by atoms with van der Waals surface area (Å²) >= 11 is 2.69. The van der Waals surface area contributed by atoms with Gasteiger partial charge in [0.1, 0.15) is 33.1 Å². The topological polar surface area (TPSA) is 131 Å². The second kappa shape index (κ2) is 20.1. The van der Waals surface area contributed by atoms with E-state index in [1.165, 1.54) is 39.7 Å². The molecule has 0 atom stereocenters. The second-order valence-corrected chi connectivity index (χ2v) is 15.6. The number of aromatic hydroxyl groups is 1. The van der Waals surface area contributed by atoms with E-state index in [1.807, 2.05) is 71.0 Å². The number of benzene rings is 4. The Bertz CT molecular complexity index is 2320. The van der Waals surface area contributed by atoms with E-state index < -0.39 is 11.7 Å². The Morgan fingerprint density at radius 1 is 0.655 bits per heavy atom. The van der Waals surface area contributed by atoms with Gasteiger partial charge in [0.15, 0.2) is 0 Å². The molecule has 1 N–H and O–H groups in total. The van der Waals surface area contributed by atoms with Gasteiger partial charge in [-0.1, -0.05) is 73.6 Å². The van der Waals surface area contributed by atoms with Gasteiger partial charge in [-0.15, -0.1) is 20.4 Å². The zero-order valence-corrected chi connectivity index (χ0v) is 35.8. The summed E-state index contributed by atoms with van der Waals surface area (Å²) in [6, 6.07) is 20.9. The van der Waals surface area contributed by atoms with Crippen molar-refractivity contribution in [2.24, 2.45) is 0 Å². The molecule has 0 saturated heterocycles. The third-order valence-corrected chi connectivity index (χ3v) is 11.3. The predicted octanol–water partition coefficient (Wildman–Crippen LogP) is 10.4. The number of rotatable bonds is 14. The molecule has 2 amide bonds. The summed E-state index contributed by atoms with van der Waals surface area (Å²) in [7, 11) is 3.24. The third kappa shape index (κ3) is 10.0. The molecule has 6 aromatic rings. The number of carbonyl (C=O) groups excluding carboxylic acids is 2. The Kier molecular flexibility index (Phi) is 15.0. The Hall–Kier alpha value is -5.73. The lowest BCUT2D eigenvalue weighted by atomic mass is 10.1. The van der Waals surface area contributed by atoms with E-state index >= 15 is 0 Å².